The molecule has 8 heteroatoms. The number of rotatable bonds is 3. The Morgan fingerprint density at radius 1 is 0.833 bits per heavy atom. The molecular weight excluding hydrogens is 381 g/mol. The molecule has 0 bridgehead atoms. The van der Waals surface area contributed by atoms with Crippen LogP contribution in [0.25, 0.3) is 0 Å². The molecule has 1 rings (SSSR count). The van der Waals surface area contributed by atoms with E-state index in [0.29, 0.717) is 0 Å². The Kier molecular flexibility index (Phi) is 4.23. The van der Waals surface area contributed by atoms with Crippen molar-refractivity contribution in [2.45, 2.75) is 21.0 Å². The third kappa shape index (κ3) is 2.59. The molecule has 0 heterocycles. The second kappa shape index (κ2) is 4.89. The molecule has 0 atom stereocenters. The Hall–Kier alpha value is -0.480. The summed E-state index contributed by atoms with van der Waals surface area (Å²) in [6, 6.07) is 6.42. The van der Waals surface area contributed by atoms with Gasteiger partial charge in [-0.15, -0.1) is 0 Å². The van der Waals surface area contributed by atoms with Gasteiger partial charge in [0.25, 0.3) is 0 Å². The zero-order valence-electron chi connectivity index (χ0n) is 8.94. The summed E-state index contributed by atoms with van der Waals surface area (Å²) < 4.78 is 83.2. The van der Waals surface area contributed by atoms with Crippen molar-refractivity contribution in [2.75, 3.05) is 0 Å². The number of halogens is 7. The first kappa shape index (κ1) is 15.6. The van der Waals surface area contributed by atoms with Gasteiger partial charge in [0.05, 0.1) is 0 Å². The molecule has 0 spiro atoms. The molecule has 0 nitrogen and oxygen atoms in total. The van der Waals surface area contributed by atoms with Crippen molar-refractivity contribution in [3.63, 3.8) is 0 Å². The molecule has 0 aliphatic carbocycles. The van der Waals surface area contributed by atoms with Gasteiger partial charge in [-0.1, -0.05) is 0 Å². The predicted octanol–water partition coefficient (Wildman–Crippen LogP) is 3.39. The monoisotopic (exact) mass is 391 g/mol. The summed E-state index contributed by atoms with van der Waals surface area (Å²) in [7, 11) is 0. The molecule has 1 aromatic carbocycles. The number of alkyl halides is 7. The van der Waals surface area contributed by atoms with Gasteiger partial charge in [-0.3, -0.25) is 0 Å². The number of hydrogen-bond donors (Lipinski definition) is 0. The van der Waals surface area contributed by atoms with Crippen molar-refractivity contribution < 1.29 is 30.7 Å². The van der Waals surface area contributed by atoms with Gasteiger partial charge in [-0.05, 0) is 0 Å². The fourth-order valence-electron chi connectivity index (χ4n) is 1.13. The molecular formula is C10H8F7Te+. The molecule has 0 radical (unpaired) electrons. The summed E-state index contributed by atoms with van der Waals surface area (Å²) in [6.07, 6.45) is -6.25. The van der Waals surface area contributed by atoms with Crippen molar-refractivity contribution in [2.24, 2.45) is 0 Å². The van der Waals surface area contributed by atoms with Crippen molar-refractivity contribution >= 4 is 23.2 Å². The van der Waals surface area contributed by atoms with Gasteiger partial charge in [0.2, 0.25) is 0 Å². The van der Waals surface area contributed by atoms with Crippen molar-refractivity contribution in [3.05, 3.63) is 30.3 Å². The Balaban J connectivity index is 3.15. The molecule has 0 aliphatic heterocycles. The molecule has 0 fully saturated rings. The molecule has 102 valence electrons. The molecule has 0 aliphatic rings. The fourth-order valence-corrected chi connectivity index (χ4v) is 5.02. The van der Waals surface area contributed by atoms with E-state index in [1.807, 2.05) is 0 Å². The molecule has 0 saturated heterocycles. The summed E-state index contributed by atoms with van der Waals surface area (Å²) in [5.74, 6) is -6.00. The summed E-state index contributed by atoms with van der Waals surface area (Å²) in [6.45, 7) is 0. The van der Waals surface area contributed by atoms with Gasteiger partial charge >= 0.3 is 105 Å². The van der Waals surface area contributed by atoms with E-state index in [0.717, 1.165) is 17.1 Å². The van der Waals surface area contributed by atoms with E-state index in [2.05, 4.69) is 0 Å². The van der Waals surface area contributed by atoms with Gasteiger partial charge in [0.15, 0.2) is 0 Å². The average Bonchev–Trinajstić information content (AvgIpc) is 2.27. The maximum atomic E-state index is 13.4. The normalized spacial score (nSPS) is 14.1. The van der Waals surface area contributed by atoms with E-state index in [-0.39, 0.29) is 3.61 Å². The van der Waals surface area contributed by atoms with Crippen LogP contribution in [0.2, 0.25) is 4.97 Å². The quantitative estimate of drug-likeness (QED) is 0.550. The predicted molar refractivity (Wildman–Crippen MR) is 53.6 cm³/mol. The van der Waals surface area contributed by atoms with Gasteiger partial charge < -0.3 is 0 Å². The fraction of sp³-hybridized carbons (Fsp3) is 0.400. The summed E-state index contributed by atoms with van der Waals surface area (Å²) in [5, 5.41) is 0. The number of benzene rings is 1. The first-order chi connectivity index (χ1) is 8.02. The first-order valence-electron chi connectivity index (χ1n) is 4.55. The Bertz CT molecular complexity index is 398. The van der Waals surface area contributed by atoms with Crippen molar-refractivity contribution in [1.82, 2.24) is 0 Å². The zero-order chi connectivity index (χ0) is 14.2. The van der Waals surface area contributed by atoms with Crippen LogP contribution < -0.4 is 3.61 Å². The summed E-state index contributed by atoms with van der Waals surface area (Å²) in [5.41, 5.74) is 0. The van der Waals surface area contributed by atoms with Crippen LogP contribution in [0.3, 0.4) is 0 Å². The third-order valence-corrected chi connectivity index (χ3v) is 7.92. The van der Waals surface area contributed by atoms with Gasteiger partial charge in [0.1, 0.15) is 0 Å². The van der Waals surface area contributed by atoms with Crippen LogP contribution in [0, 0.1) is 0 Å². The summed E-state index contributed by atoms with van der Waals surface area (Å²) >= 11 is -4.14. The van der Waals surface area contributed by atoms with E-state index in [1.54, 1.807) is 0 Å². The molecule has 0 unspecified atom stereocenters. The van der Waals surface area contributed by atoms with E-state index in [1.165, 1.54) is 18.2 Å². The van der Waals surface area contributed by atoms with Crippen molar-refractivity contribution in [1.29, 1.82) is 0 Å². The van der Waals surface area contributed by atoms with Crippen LogP contribution in [-0.2, 0) is 0 Å². The molecule has 0 amide bonds. The Labute approximate surface area is 105 Å². The minimum atomic E-state index is -6.25. The first-order valence-corrected chi connectivity index (χ1v) is 9.21. The second-order valence-corrected chi connectivity index (χ2v) is 9.13. The van der Waals surface area contributed by atoms with Gasteiger partial charge in [-0.2, -0.15) is 0 Å². The SMILES string of the molecule is C[Te+](c1ccccc1)C(F)(F)C(F)(F)C(F)(F)F. The van der Waals surface area contributed by atoms with Gasteiger partial charge in [0, 0.05) is 0 Å². The maximum absolute atomic E-state index is 13.4. The average molecular weight is 389 g/mol. The van der Waals surface area contributed by atoms with Crippen LogP contribution in [0.5, 0.6) is 0 Å². The van der Waals surface area contributed by atoms with Crippen LogP contribution in [0.1, 0.15) is 0 Å². The third-order valence-electron chi connectivity index (χ3n) is 2.20. The zero-order valence-corrected chi connectivity index (χ0v) is 11.3. The van der Waals surface area contributed by atoms with E-state index >= 15 is 0 Å². The summed E-state index contributed by atoms with van der Waals surface area (Å²) in [4.78, 5) is 0.804. The topological polar surface area (TPSA) is 0 Å². The van der Waals surface area contributed by atoms with E-state index in [9.17, 15) is 30.7 Å². The Morgan fingerprint density at radius 2 is 1.28 bits per heavy atom. The number of hydrogen-bond acceptors (Lipinski definition) is 0. The van der Waals surface area contributed by atoms with Crippen LogP contribution in [-0.4, -0.2) is 35.6 Å². The van der Waals surface area contributed by atoms with Crippen LogP contribution in [0.4, 0.5) is 30.7 Å². The van der Waals surface area contributed by atoms with E-state index in [4.69, 9.17) is 0 Å². The Morgan fingerprint density at radius 3 is 1.67 bits per heavy atom. The molecule has 18 heavy (non-hydrogen) atoms. The molecule has 0 N–H and O–H groups in total. The van der Waals surface area contributed by atoms with E-state index < -0.39 is 35.6 Å². The minimum absolute atomic E-state index is 0.116. The van der Waals surface area contributed by atoms with Crippen molar-refractivity contribution in [3.8, 4) is 0 Å². The van der Waals surface area contributed by atoms with Crippen LogP contribution in [0.15, 0.2) is 30.3 Å². The van der Waals surface area contributed by atoms with Crippen LogP contribution >= 0.6 is 0 Å². The molecule has 0 saturated carbocycles. The molecule has 0 aromatic heterocycles. The molecule has 1 aromatic rings. The standard InChI is InChI=1S/C10H8F7Te/c1-18(7-5-3-2-4-6-7)10(16,17)8(11,12)9(13,14)15/h2-6H,1H3/q+1. The van der Waals surface area contributed by atoms with Gasteiger partial charge in [-0.25, -0.2) is 0 Å². The second-order valence-electron chi connectivity index (χ2n) is 3.41.